The van der Waals surface area contributed by atoms with Gasteiger partial charge >= 0.3 is 0 Å². The molecule has 0 saturated heterocycles. The van der Waals surface area contributed by atoms with Gasteiger partial charge in [-0.05, 0) is 17.9 Å². The first-order valence-electron chi connectivity index (χ1n) is 4.70. The van der Waals surface area contributed by atoms with Gasteiger partial charge in [-0.3, -0.25) is 9.79 Å². The van der Waals surface area contributed by atoms with Crippen molar-refractivity contribution in [2.45, 2.75) is 12.8 Å². The van der Waals surface area contributed by atoms with E-state index in [2.05, 4.69) is 10.3 Å². The van der Waals surface area contributed by atoms with Crippen LogP contribution in [0, 0.1) is 0 Å². The molecule has 74 valence electrons. The minimum Gasteiger partial charge on any atom is -0.366 e. The second-order valence-electron chi connectivity index (χ2n) is 3.19. The molecule has 1 N–H and O–H groups in total. The fraction of sp³-hybridized carbons (Fsp3) is 0.400. The van der Waals surface area contributed by atoms with Crippen molar-refractivity contribution in [3.63, 3.8) is 0 Å². The largest absolute Gasteiger partial charge is 0.366 e. The first kappa shape index (κ1) is 9.40. The van der Waals surface area contributed by atoms with Gasteiger partial charge in [0.2, 0.25) is 0 Å². The van der Waals surface area contributed by atoms with Crippen molar-refractivity contribution >= 4 is 23.0 Å². The Bertz CT molecular complexity index is 343. The van der Waals surface area contributed by atoms with Crippen molar-refractivity contribution < 1.29 is 4.79 Å². The smallest absolute Gasteiger partial charge is 0.191 e. The molecule has 0 aliphatic carbocycles. The third-order valence-corrected chi connectivity index (χ3v) is 3.03. The van der Waals surface area contributed by atoms with Gasteiger partial charge in [-0.2, -0.15) is 0 Å². The van der Waals surface area contributed by atoms with E-state index in [9.17, 15) is 4.79 Å². The lowest BCUT2D eigenvalue weighted by Crippen LogP contribution is -2.27. The molecular weight excluding hydrogens is 196 g/mol. The van der Waals surface area contributed by atoms with Crippen LogP contribution in [0.4, 0.5) is 0 Å². The van der Waals surface area contributed by atoms with Gasteiger partial charge in [0.25, 0.3) is 0 Å². The fourth-order valence-electron chi connectivity index (χ4n) is 1.39. The van der Waals surface area contributed by atoms with E-state index < -0.39 is 0 Å². The number of aliphatic imine (C=N–C) groups is 1. The maximum Gasteiger partial charge on any atom is 0.191 e. The predicted octanol–water partition coefficient (Wildman–Crippen LogP) is 1.71. The summed E-state index contributed by atoms with van der Waals surface area (Å²) in [5.41, 5.74) is 0. The normalized spacial score (nSPS) is 15.3. The molecule has 0 fully saturated rings. The highest BCUT2D eigenvalue weighted by Gasteiger charge is 2.09. The Labute approximate surface area is 86.9 Å². The lowest BCUT2D eigenvalue weighted by molar-refractivity contribution is 0.1000. The molecule has 0 atom stereocenters. The van der Waals surface area contributed by atoms with Crippen LogP contribution in [-0.2, 0) is 0 Å². The van der Waals surface area contributed by atoms with E-state index in [4.69, 9.17) is 0 Å². The lowest BCUT2D eigenvalue weighted by Gasteiger charge is -2.02. The summed E-state index contributed by atoms with van der Waals surface area (Å²) in [4.78, 5) is 16.6. The fourth-order valence-corrected chi connectivity index (χ4v) is 2.06. The molecule has 2 heterocycles. The topological polar surface area (TPSA) is 41.5 Å². The van der Waals surface area contributed by atoms with E-state index in [-0.39, 0.29) is 5.78 Å². The van der Waals surface area contributed by atoms with Gasteiger partial charge in [-0.15, -0.1) is 11.3 Å². The molecule has 3 nitrogen and oxygen atoms in total. The molecule has 14 heavy (non-hydrogen) atoms. The highest BCUT2D eigenvalue weighted by Crippen LogP contribution is 2.09. The quantitative estimate of drug-likeness (QED) is 0.768. The SMILES string of the molecule is O=C(CNC1=NCCC1)c1cccs1. The molecule has 0 spiro atoms. The van der Waals surface area contributed by atoms with Crippen molar-refractivity contribution in [3.05, 3.63) is 22.4 Å². The summed E-state index contributed by atoms with van der Waals surface area (Å²) in [6.45, 7) is 1.27. The number of hydrogen-bond donors (Lipinski definition) is 1. The molecule has 1 aliphatic rings. The van der Waals surface area contributed by atoms with Crippen LogP contribution in [0.1, 0.15) is 22.5 Å². The zero-order valence-corrected chi connectivity index (χ0v) is 8.64. The summed E-state index contributed by atoms with van der Waals surface area (Å²) >= 11 is 1.48. The maximum absolute atomic E-state index is 11.6. The van der Waals surface area contributed by atoms with Crippen molar-refractivity contribution in [1.82, 2.24) is 5.32 Å². The number of ketones is 1. The van der Waals surface area contributed by atoms with E-state index in [0.29, 0.717) is 6.54 Å². The Hall–Kier alpha value is -1.16. The summed E-state index contributed by atoms with van der Waals surface area (Å²) in [5, 5.41) is 4.99. The van der Waals surface area contributed by atoms with Crippen LogP contribution in [0.5, 0.6) is 0 Å². The van der Waals surface area contributed by atoms with E-state index in [1.165, 1.54) is 11.3 Å². The molecule has 0 bridgehead atoms. The third-order valence-electron chi connectivity index (χ3n) is 2.12. The average molecular weight is 208 g/mol. The third kappa shape index (κ3) is 2.20. The summed E-state index contributed by atoms with van der Waals surface area (Å²) in [5.74, 6) is 1.13. The summed E-state index contributed by atoms with van der Waals surface area (Å²) in [6, 6.07) is 3.75. The standard InChI is InChI=1S/C10H12N2OS/c13-8(9-3-2-6-14-9)7-12-10-4-1-5-11-10/h2-3,6H,1,4-5,7H2,(H,11,12). The van der Waals surface area contributed by atoms with Crippen molar-refractivity contribution in [2.24, 2.45) is 4.99 Å². The number of thiophene rings is 1. The molecule has 0 aromatic carbocycles. The highest BCUT2D eigenvalue weighted by molar-refractivity contribution is 7.12. The number of nitrogens with zero attached hydrogens (tertiary/aromatic N) is 1. The number of carbonyl (C=O) groups excluding carboxylic acids is 1. The van der Waals surface area contributed by atoms with E-state index in [0.717, 1.165) is 30.1 Å². The van der Waals surface area contributed by atoms with Crippen molar-refractivity contribution in [3.8, 4) is 0 Å². The Morgan fingerprint density at radius 3 is 3.21 bits per heavy atom. The van der Waals surface area contributed by atoms with Crippen molar-refractivity contribution in [1.29, 1.82) is 0 Å². The Morgan fingerprint density at radius 1 is 1.64 bits per heavy atom. The minimum absolute atomic E-state index is 0.148. The first-order chi connectivity index (χ1) is 6.86. The summed E-state index contributed by atoms with van der Waals surface area (Å²) in [7, 11) is 0. The zero-order valence-electron chi connectivity index (χ0n) is 7.82. The Balaban J connectivity index is 1.83. The molecule has 0 unspecified atom stereocenters. The van der Waals surface area contributed by atoms with Crippen LogP contribution in [-0.4, -0.2) is 24.7 Å². The molecule has 4 heteroatoms. The number of carbonyl (C=O) groups is 1. The molecule has 0 radical (unpaired) electrons. The van der Waals surface area contributed by atoms with Crippen LogP contribution in [0.25, 0.3) is 0 Å². The molecular formula is C10H12N2OS. The monoisotopic (exact) mass is 208 g/mol. The average Bonchev–Trinajstić information content (AvgIpc) is 2.87. The van der Waals surface area contributed by atoms with Crippen LogP contribution in [0.2, 0.25) is 0 Å². The lowest BCUT2D eigenvalue weighted by atomic mass is 10.3. The summed E-state index contributed by atoms with van der Waals surface area (Å²) in [6.07, 6.45) is 2.09. The molecule has 1 aliphatic heterocycles. The van der Waals surface area contributed by atoms with Crippen LogP contribution in [0.3, 0.4) is 0 Å². The predicted molar refractivity (Wildman–Crippen MR) is 58.2 cm³/mol. The van der Waals surface area contributed by atoms with Gasteiger partial charge in [0.05, 0.1) is 17.3 Å². The molecule has 1 aromatic heterocycles. The maximum atomic E-state index is 11.6. The Morgan fingerprint density at radius 2 is 2.57 bits per heavy atom. The molecule has 1 aromatic rings. The minimum atomic E-state index is 0.148. The van der Waals surface area contributed by atoms with Crippen molar-refractivity contribution in [2.75, 3.05) is 13.1 Å². The van der Waals surface area contributed by atoms with Gasteiger partial charge in [0.1, 0.15) is 0 Å². The summed E-state index contributed by atoms with van der Waals surface area (Å²) < 4.78 is 0. The number of amidine groups is 1. The molecule has 0 amide bonds. The van der Waals surface area contributed by atoms with Gasteiger partial charge < -0.3 is 5.32 Å². The van der Waals surface area contributed by atoms with Gasteiger partial charge in [0.15, 0.2) is 5.78 Å². The highest BCUT2D eigenvalue weighted by atomic mass is 32.1. The second kappa shape index (κ2) is 4.37. The van der Waals surface area contributed by atoms with Gasteiger partial charge in [-0.1, -0.05) is 6.07 Å². The van der Waals surface area contributed by atoms with Gasteiger partial charge in [0, 0.05) is 13.0 Å². The van der Waals surface area contributed by atoms with Crippen LogP contribution < -0.4 is 5.32 Å². The Kier molecular flexibility index (Phi) is 2.93. The van der Waals surface area contributed by atoms with E-state index in [1.807, 2.05) is 17.5 Å². The van der Waals surface area contributed by atoms with Crippen LogP contribution in [0.15, 0.2) is 22.5 Å². The van der Waals surface area contributed by atoms with Gasteiger partial charge in [-0.25, -0.2) is 0 Å². The molecule has 0 saturated carbocycles. The number of hydrogen-bond acceptors (Lipinski definition) is 4. The zero-order chi connectivity index (χ0) is 9.80. The number of Topliss-reactive ketones (excluding diaryl/α,β-unsaturated/α-hetero) is 1. The number of nitrogens with one attached hydrogen (secondary N) is 1. The van der Waals surface area contributed by atoms with E-state index in [1.54, 1.807) is 0 Å². The van der Waals surface area contributed by atoms with Crippen LogP contribution >= 0.6 is 11.3 Å². The second-order valence-corrected chi connectivity index (χ2v) is 4.13. The first-order valence-corrected chi connectivity index (χ1v) is 5.58. The molecule has 2 rings (SSSR count). The van der Waals surface area contributed by atoms with E-state index >= 15 is 0 Å². The number of rotatable bonds is 3.